The zero-order valence-electron chi connectivity index (χ0n) is 18.2. The fraction of sp³-hybridized carbons (Fsp3) is 0.455. The molecule has 0 spiro atoms. The van der Waals surface area contributed by atoms with Crippen molar-refractivity contribution in [3.8, 4) is 0 Å². The summed E-state index contributed by atoms with van der Waals surface area (Å²) in [6, 6.07) is 8.44. The minimum atomic E-state index is -4.64. The summed E-state index contributed by atoms with van der Waals surface area (Å²) in [4.78, 5) is 22.4. The number of amides is 1. The van der Waals surface area contributed by atoms with Crippen LogP contribution in [0.4, 0.5) is 18.9 Å². The van der Waals surface area contributed by atoms with Crippen LogP contribution in [0.3, 0.4) is 0 Å². The Balaban J connectivity index is 1.38. The van der Waals surface area contributed by atoms with Crippen LogP contribution in [0.2, 0.25) is 0 Å². The lowest BCUT2D eigenvalue weighted by Crippen LogP contribution is -2.41. The first-order chi connectivity index (χ1) is 15.1. The second kappa shape index (κ2) is 8.40. The van der Waals surface area contributed by atoms with E-state index in [-0.39, 0.29) is 24.1 Å². The summed E-state index contributed by atoms with van der Waals surface area (Å²) in [5.41, 5.74) is 4.29. The van der Waals surface area contributed by atoms with Crippen LogP contribution < -0.4 is 10.2 Å². The second-order valence-corrected chi connectivity index (χ2v) is 8.13. The van der Waals surface area contributed by atoms with Crippen molar-refractivity contribution in [1.82, 2.24) is 24.9 Å². The van der Waals surface area contributed by atoms with Crippen LogP contribution in [-0.2, 0) is 23.8 Å². The van der Waals surface area contributed by atoms with Gasteiger partial charge in [0.1, 0.15) is 0 Å². The molecular formula is C22H25F3N6O. The highest BCUT2D eigenvalue weighted by Gasteiger charge is 2.37. The number of alkyl halides is 3. The summed E-state index contributed by atoms with van der Waals surface area (Å²) in [7, 11) is 0. The van der Waals surface area contributed by atoms with Crippen molar-refractivity contribution in [1.29, 1.82) is 0 Å². The lowest BCUT2D eigenvalue weighted by Gasteiger charge is -2.27. The number of rotatable bonds is 6. The number of carbonyl (C=O) groups excluding carboxylic acids is 1. The molecule has 0 aliphatic carbocycles. The van der Waals surface area contributed by atoms with E-state index in [0.717, 1.165) is 17.5 Å². The summed E-state index contributed by atoms with van der Waals surface area (Å²) >= 11 is 0. The number of hydrogen-bond donors (Lipinski definition) is 1. The van der Waals surface area contributed by atoms with Crippen LogP contribution in [0.25, 0.3) is 5.78 Å². The zero-order valence-corrected chi connectivity index (χ0v) is 18.2. The highest BCUT2D eigenvalue weighted by Crippen LogP contribution is 2.29. The maximum absolute atomic E-state index is 12.9. The van der Waals surface area contributed by atoms with Gasteiger partial charge in [-0.3, -0.25) is 4.79 Å². The van der Waals surface area contributed by atoms with Crippen LogP contribution in [0.5, 0.6) is 0 Å². The maximum Gasteiger partial charge on any atom is 0.453 e. The van der Waals surface area contributed by atoms with E-state index in [1.165, 1.54) is 11.3 Å². The van der Waals surface area contributed by atoms with E-state index < -0.39 is 12.0 Å². The maximum atomic E-state index is 12.9. The lowest BCUT2D eigenvalue weighted by molar-refractivity contribution is -0.144. The van der Waals surface area contributed by atoms with Crippen molar-refractivity contribution < 1.29 is 18.0 Å². The molecule has 0 radical (unpaired) electrons. The average Bonchev–Trinajstić information content (AvgIpc) is 3.36. The molecule has 0 fully saturated rings. The standard InChI is InChI=1S/C22H25F3N6O/c1-13(30-11-10-16-6-4-5-7-18(16)30)12-26-19(32)9-8-17-14(2)27-21-28-20(22(23,24)25)29-31(21)15(17)3/h4-7,13H,8-12H2,1-3H3,(H,26,32)/t13-/m1/s1. The lowest BCUT2D eigenvalue weighted by atomic mass is 10.1. The Morgan fingerprint density at radius 1 is 1.22 bits per heavy atom. The molecule has 0 saturated carbocycles. The van der Waals surface area contributed by atoms with E-state index in [1.54, 1.807) is 13.8 Å². The SMILES string of the molecule is Cc1nc2nc(C(F)(F)F)nn2c(C)c1CCC(=O)NC[C@@H](C)N1CCc2ccccc21. The number of aryl methyl sites for hydroxylation is 2. The van der Waals surface area contributed by atoms with Gasteiger partial charge in [-0.25, -0.2) is 9.50 Å². The van der Waals surface area contributed by atoms with Crippen molar-refractivity contribution in [2.75, 3.05) is 18.0 Å². The van der Waals surface area contributed by atoms with E-state index in [0.29, 0.717) is 29.9 Å². The summed E-state index contributed by atoms with van der Waals surface area (Å²) in [5, 5.41) is 6.52. The molecule has 170 valence electrons. The number of hydrogen-bond acceptors (Lipinski definition) is 5. The molecule has 1 aromatic carbocycles. The van der Waals surface area contributed by atoms with Crippen molar-refractivity contribution in [2.24, 2.45) is 0 Å². The molecule has 1 atom stereocenters. The van der Waals surface area contributed by atoms with Gasteiger partial charge in [-0.2, -0.15) is 18.2 Å². The Morgan fingerprint density at radius 2 is 1.97 bits per heavy atom. The number of nitrogens with zero attached hydrogens (tertiary/aromatic N) is 5. The first kappa shape index (κ1) is 22.0. The smallest absolute Gasteiger partial charge is 0.366 e. The predicted molar refractivity (Wildman–Crippen MR) is 114 cm³/mol. The average molecular weight is 446 g/mol. The van der Waals surface area contributed by atoms with E-state index in [2.05, 4.69) is 44.3 Å². The third-order valence-electron chi connectivity index (χ3n) is 5.95. The van der Waals surface area contributed by atoms with Crippen LogP contribution in [0.1, 0.15) is 41.7 Å². The summed E-state index contributed by atoms with van der Waals surface area (Å²) in [5.74, 6) is -1.43. The number of anilines is 1. The largest absolute Gasteiger partial charge is 0.453 e. The fourth-order valence-electron chi connectivity index (χ4n) is 4.21. The molecule has 0 saturated heterocycles. The van der Waals surface area contributed by atoms with Gasteiger partial charge in [-0.05, 0) is 50.8 Å². The normalized spacial score (nSPS) is 14.6. The Kier molecular flexibility index (Phi) is 5.79. The van der Waals surface area contributed by atoms with Gasteiger partial charge < -0.3 is 10.2 Å². The molecule has 3 aromatic rings. The molecule has 2 aromatic heterocycles. The molecule has 32 heavy (non-hydrogen) atoms. The molecule has 1 N–H and O–H groups in total. The molecule has 10 heteroatoms. The summed E-state index contributed by atoms with van der Waals surface area (Å²) < 4.78 is 39.9. The number of para-hydroxylation sites is 1. The number of halogens is 3. The van der Waals surface area contributed by atoms with Crippen LogP contribution in [-0.4, -0.2) is 44.6 Å². The topological polar surface area (TPSA) is 75.4 Å². The van der Waals surface area contributed by atoms with Gasteiger partial charge in [0.05, 0.1) is 0 Å². The highest BCUT2D eigenvalue weighted by atomic mass is 19.4. The van der Waals surface area contributed by atoms with Gasteiger partial charge in [-0.1, -0.05) is 18.2 Å². The molecule has 0 unspecified atom stereocenters. The molecular weight excluding hydrogens is 421 g/mol. The quantitative estimate of drug-likeness (QED) is 0.629. The van der Waals surface area contributed by atoms with Gasteiger partial charge in [0.2, 0.25) is 5.91 Å². The number of carbonyl (C=O) groups is 1. The number of nitrogens with one attached hydrogen (secondary N) is 1. The van der Waals surface area contributed by atoms with Crippen molar-refractivity contribution >= 4 is 17.4 Å². The van der Waals surface area contributed by atoms with Crippen molar-refractivity contribution in [3.63, 3.8) is 0 Å². The van der Waals surface area contributed by atoms with Gasteiger partial charge in [-0.15, -0.1) is 5.10 Å². The third kappa shape index (κ3) is 4.26. The Labute approximate surface area is 183 Å². The van der Waals surface area contributed by atoms with Crippen LogP contribution >= 0.6 is 0 Å². The van der Waals surface area contributed by atoms with E-state index in [1.807, 2.05) is 12.1 Å². The Morgan fingerprint density at radius 3 is 2.72 bits per heavy atom. The number of fused-ring (bicyclic) bond motifs is 2. The molecule has 3 heterocycles. The van der Waals surface area contributed by atoms with Crippen LogP contribution in [0.15, 0.2) is 24.3 Å². The van der Waals surface area contributed by atoms with E-state index >= 15 is 0 Å². The molecule has 0 bridgehead atoms. The molecule has 1 amide bonds. The minimum Gasteiger partial charge on any atom is -0.366 e. The van der Waals surface area contributed by atoms with Crippen molar-refractivity contribution in [2.45, 2.75) is 52.3 Å². The summed E-state index contributed by atoms with van der Waals surface area (Å²) in [6.45, 7) is 6.89. The Bertz CT molecular complexity index is 1160. The van der Waals surface area contributed by atoms with Gasteiger partial charge >= 0.3 is 6.18 Å². The van der Waals surface area contributed by atoms with Gasteiger partial charge in [0.25, 0.3) is 11.6 Å². The van der Waals surface area contributed by atoms with Crippen LogP contribution in [0, 0.1) is 13.8 Å². The predicted octanol–water partition coefficient (Wildman–Crippen LogP) is 3.26. The monoisotopic (exact) mass is 446 g/mol. The molecule has 1 aliphatic rings. The highest BCUT2D eigenvalue weighted by molar-refractivity contribution is 5.76. The third-order valence-corrected chi connectivity index (χ3v) is 5.95. The van der Waals surface area contributed by atoms with Crippen molar-refractivity contribution in [3.05, 3.63) is 52.6 Å². The second-order valence-electron chi connectivity index (χ2n) is 8.13. The van der Waals surface area contributed by atoms with E-state index in [4.69, 9.17) is 0 Å². The number of benzene rings is 1. The van der Waals surface area contributed by atoms with E-state index in [9.17, 15) is 18.0 Å². The van der Waals surface area contributed by atoms with Gasteiger partial charge in [0, 0.05) is 42.6 Å². The fourth-order valence-corrected chi connectivity index (χ4v) is 4.21. The zero-order chi connectivity index (χ0) is 23.0. The molecule has 7 nitrogen and oxygen atoms in total. The molecule has 4 rings (SSSR count). The summed E-state index contributed by atoms with van der Waals surface area (Å²) in [6.07, 6.45) is -3.07. The van der Waals surface area contributed by atoms with Gasteiger partial charge in [0.15, 0.2) is 0 Å². The first-order valence-electron chi connectivity index (χ1n) is 10.6. The number of aromatic nitrogens is 4. The minimum absolute atomic E-state index is 0.0970. The Hall–Kier alpha value is -3.17. The first-order valence-corrected chi connectivity index (χ1v) is 10.6. The molecule has 1 aliphatic heterocycles.